The first-order valence-corrected chi connectivity index (χ1v) is 5.90. The van der Waals surface area contributed by atoms with Crippen LogP contribution in [-0.4, -0.2) is 22.8 Å². The summed E-state index contributed by atoms with van der Waals surface area (Å²) < 4.78 is 8.49. The molecule has 16 heavy (non-hydrogen) atoms. The quantitative estimate of drug-likeness (QED) is 0.769. The Kier molecular flexibility index (Phi) is 2.16. The number of benzene rings is 1. The van der Waals surface area contributed by atoms with Gasteiger partial charge in [-0.05, 0) is 37.7 Å². The van der Waals surface area contributed by atoms with Crippen molar-refractivity contribution in [1.82, 2.24) is 9.55 Å². The molecule has 0 amide bonds. The molecule has 2 heterocycles. The molecule has 0 radical (unpaired) electrons. The third-order valence-electron chi connectivity index (χ3n) is 3.33. The van der Waals surface area contributed by atoms with E-state index in [4.69, 9.17) is 17.0 Å². The molecule has 0 bridgehead atoms. The monoisotopic (exact) mass is 234 g/mol. The Morgan fingerprint density at radius 3 is 3.00 bits per heavy atom. The Morgan fingerprint density at radius 2 is 2.25 bits per heavy atom. The lowest BCUT2D eigenvalue weighted by Gasteiger charge is -2.24. The average Bonchev–Trinajstić information content (AvgIpc) is 2.81. The van der Waals surface area contributed by atoms with Crippen molar-refractivity contribution >= 4 is 23.3 Å². The second kappa shape index (κ2) is 3.43. The number of rotatable bonds is 1. The molecule has 2 aromatic rings. The van der Waals surface area contributed by atoms with E-state index < -0.39 is 0 Å². The second-order valence-corrected chi connectivity index (χ2v) is 4.97. The van der Waals surface area contributed by atoms with E-state index in [1.165, 1.54) is 5.52 Å². The molecule has 1 aromatic carbocycles. The van der Waals surface area contributed by atoms with Crippen molar-refractivity contribution in [2.45, 2.75) is 18.9 Å². The molecule has 1 unspecified atom stereocenters. The maximum Gasteiger partial charge on any atom is 0.178 e. The van der Waals surface area contributed by atoms with Crippen LogP contribution >= 0.6 is 12.2 Å². The second-order valence-electron chi connectivity index (χ2n) is 4.58. The SMILES string of the molecule is CC1(n2c(=S)[nH]c3ccccc32)CCOC1. The number of nitrogens with one attached hydrogen (secondary N) is 1. The number of nitrogens with zero attached hydrogens (tertiary/aromatic N) is 1. The molecule has 0 saturated carbocycles. The summed E-state index contributed by atoms with van der Waals surface area (Å²) in [6.07, 6.45) is 1.02. The number of imidazole rings is 1. The topological polar surface area (TPSA) is 29.9 Å². The number of para-hydroxylation sites is 2. The van der Waals surface area contributed by atoms with E-state index in [2.05, 4.69) is 28.6 Å². The molecule has 1 saturated heterocycles. The number of aromatic nitrogens is 2. The summed E-state index contributed by atoms with van der Waals surface area (Å²) in [7, 11) is 0. The first-order valence-electron chi connectivity index (χ1n) is 5.49. The Morgan fingerprint density at radius 1 is 1.44 bits per heavy atom. The lowest BCUT2D eigenvalue weighted by Crippen LogP contribution is -2.30. The minimum Gasteiger partial charge on any atom is -0.379 e. The van der Waals surface area contributed by atoms with Gasteiger partial charge in [0.15, 0.2) is 4.77 Å². The van der Waals surface area contributed by atoms with Gasteiger partial charge < -0.3 is 14.3 Å². The zero-order valence-electron chi connectivity index (χ0n) is 9.19. The number of aromatic amines is 1. The van der Waals surface area contributed by atoms with Gasteiger partial charge in [-0.3, -0.25) is 0 Å². The van der Waals surface area contributed by atoms with Gasteiger partial charge in [0.2, 0.25) is 0 Å². The van der Waals surface area contributed by atoms with Crippen LogP contribution in [0.3, 0.4) is 0 Å². The molecule has 1 aliphatic heterocycles. The molecule has 3 nitrogen and oxygen atoms in total. The van der Waals surface area contributed by atoms with E-state index >= 15 is 0 Å². The predicted octanol–water partition coefficient (Wildman–Crippen LogP) is 2.83. The van der Waals surface area contributed by atoms with Crippen molar-refractivity contribution < 1.29 is 4.74 Å². The van der Waals surface area contributed by atoms with Crippen molar-refractivity contribution in [1.29, 1.82) is 0 Å². The summed E-state index contributed by atoms with van der Waals surface area (Å²) >= 11 is 5.41. The molecular formula is C12H14N2OS. The van der Waals surface area contributed by atoms with Crippen molar-refractivity contribution in [3.8, 4) is 0 Å². The Balaban J connectivity index is 2.30. The smallest absolute Gasteiger partial charge is 0.178 e. The number of H-pyrrole nitrogens is 1. The van der Waals surface area contributed by atoms with E-state index in [0.717, 1.165) is 29.9 Å². The standard InChI is InChI=1S/C12H14N2OS/c1-12(6-7-15-8-12)14-10-5-3-2-4-9(10)13-11(14)16/h2-5H,6-8H2,1H3,(H,13,16). The average molecular weight is 234 g/mol. The minimum absolute atomic E-state index is 0.00329. The van der Waals surface area contributed by atoms with E-state index in [-0.39, 0.29) is 5.54 Å². The highest BCUT2D eigenvalue weighted by Gasteiger charge is 2.33. The maximum atomic E-state index is 5.51. The molecule has 0 spiro atoms. The number of fused-ring (bicyclic) bond motifs is 1. The molecule has 4 heteroatoms. The van der Waals surface area contributed by atoms with Crippen LogP contribution < -0.4 is 0 Å². The zero-order chi connectivity index (χ0) is 11.2. The molecule has 1 aromatic heterocycles. The zero-order valence-corrected chi connectivity index (χ0v) is 10.0. The Labute approximate surface area is 99.0 Å². The van der Waals surface area contributed by atoms with Crippen molar-refractivity contribution in [2.24, 2.45) is 0 Å². The fourth-order valence-corrected chi connectivity index (χ4v) is 2.85. The van der Waals surface area contributed by atoms with Crippen LogP contribution in [0.1, 0.15) is 13.3 Å². The highest BCUT2D eigenvalue weighted by atomic mass is 32.1. The van der Waals surface area contributed by atoms with Crippen LogP contribution in [0.2, 0.25) is 0 Å². The summed E-state index contributed by atoms with van der Waals surface area (Å²) in [4.78, 5) is 3.25. The molecule has 1 aliphatic rings. The Hall–Kier alpha value is -1.13. The summed E-state index contributed by atoms with van der Waals surface area (Å²) in [6, 6.07) is 8.22. The van der Waals surface area contributed by atoms with Crippen LogP contribution in [0.5, 0.6) is 0 Å². The largest absolute Gasteiger partial charge is 0.379 e. The van der Waals surface area contributed by atoms with Gasteiger partial charge in [-0.25, -0.2) is 0 Å². The number of ether oxygens (including phenoxy) is 1. The molecule has 1 N–H and O–H groups in total. The number of hydrogen-bond acceptors (Lipinski definition) is 2. The van der Waals surface area contributed by atoms with Gasteiger partial charge in [0, 0.05) is 6.61 Å². The van der Waals surface area contributed by atoms with E-state index in [0.29, 0.717) is 0 Å². The highest BCUT2D eigenvalue weighted by Crippen LogP contribution is 2.30. The van der Waals surface area contributed by atoms with Crippen LogP contribution in [0.15, 0.2) is 24.3 Å². The van der Waals surface area contributed by atoms with E-state index in [1.54, 1.807) is 0 Å². The first-order chi connectivity index (χ1) is 7.71. The minimum atomic E-state index is -0.00329. The molecule has 0 aliphatic carbocycles. The van der Waals surface area contributed by atoms with Gasteiger partial charge in [-0.2, -0.15) is 0 Å². The van der Waals surface area contributed by atoms with Gasteiger partial charge in [-0.15, -0.1) is 0 Å². The van der Waals surface area contributed by atoms with Gasteiger partial charge in [0.05, 0.1) is 23.2 Å². The van der Waals surface area contributed by atoms with Gasteiger partial charge >= 0.3 is 0 Å². The van der Waals surface area contributed by atoms with Gasteiger partial charge in [0.1, 0.15) is 0 Å². The lowest BCUT2D eigenvalue weighted by atomic mass is 10.0. The third-order valence-corrected chi connectivity index (χ3v) is 3.61. The first kappa shape index (κ1) is 10.1. The maximum absolute atomic E-state index is 5.51. The summed E-state index contributed by atoms with van der Waals surface area (Å²) in [5, 5.41) is 0. The highest BCUT2D eigenvalue weighted by molar-refractivity contribution is 7.71. The normalized spacial score (nSPS) is 25.3. The third kappa shape index (κ3) is 1.33. The fraction of sp³-hybridized carbons (Fsp3) is 0.417. The van der Waals surface area contributed by atoms with Crippen molar-refractivity contribution in [3.63, 3.8) is 0 Å². The van der Waals surface area contributed by atoms with Gasteiger partial charge in [-0.1, -0.05) is 12.1 Å². The molecule has 3 rings (SSSR count). The van der Waals surface area contributed by atoms with Crippen LogP contribution in [-0.2, 0) is 10.3 Å². The fourth-order valence-electron chi connectivity index (χ4n) is 2.42. The Bertz CT molecular complexity index is 578. The summed E-state index contributed by atoms with van der Waals surface area (Å²) in [5.41, 5.74) is 2.26. The van der Waals surface area contributed by atoms with E-state index in [1.807, 2.05) is 12.1 Å². The van der Waals surface area contributed by atoms with Crippen LogP contribution in [0.4, 0.5) is 0 Å². The summed E-state index contributed by atoms with van der Waals surface area (Å²) in [5.74, 6) is 0. The van der Waals surface area contributed by atoms with Crippen LogP contribution in [0, 0.1) is 4.77 Å². The molecule has 1 fully saturated rings. The van der Waals surface area contributed by atoms with Crippen LogP contribution in [0.25, 0.3) is 11.0 Å². The van der Waals surface area contributed by atoms with Crippen molar-refractivity contribution in [2.75, 3.05) is 13.2 Å². The van der Waals surface area contributed by atoms with Gasteiger partial charge in [0.25, 0.3) is 0 Å². The molecule has 1 atom stereocenters. The van der Waals surface area contributed by atoms with Crippen molar-refractivity contribution in [3.05, 3.63) is 29.0 Å². The number of hydrogen-bond donors (Lipinski definition) is 1. The van der Waals surface area contributed by atoms with E-state index in [9.17, 15) is 0 Å². The lowest BCUT2D eigenvalue weighted by molar-refractivity contribution is 0.162. The summed E-state index contributed by atoms with van der Waals surface area (Å²) in [6.45, 7) is 3.76. The predicted molar refractivity (Wildman–Crippen MR) is 66.2 cm³/mol. The molecule has 84 valence electrons. The molecular weight excluding hydrogens is 220 g/mol.